The van der Waals surface area contributed by atoms with Crippen LogP contribution < -0.4 is 5.32 Å². The van der Waals surface area contributed by atoms with Crippen LogP contribution in [0.3, 0.4) is 0 Å². The lowest BCUT2D eigenvalue weighted by atomic mass is 9.88. The molecule has 0 saturated heterocycles. The minimum atomic E-state index is -0.260. The summed E-state index contributed by atoms with van der Waals surface area (Å²) < 4.78 is 4.69. The highest BCUT2D eigenvalue weighted by atomic mass is 16.5. The summed E-state index contributed by atoms with van der Waals surface area (Å²) in [6, 6.07) is 6.66. The van der Waals surface area contributed by atoms with Crippen LogP contribution in [0.1, 0.15) is 37.6 Å². The van der Waals surface area contributed by atoms with E-state index in [1.807, 2.05) is 0 Å². The molecule has 0 aliphatic rings. The number of rotatable bonds is 5. The molecule has 6 heteroatoms. The van der Waals surface area contributed by atoms with Crippen LogP contribution in [0.4, 0.5) is 0 Å². The Morgan fingerprint density at radius 3 is 2.50 bits per heavy atom. The van der Waals surface area contributed by atoms with E-state index in [-0.39, 0.29) is 24.0 Å². The third-order valence-corrected chi connectivity index (χ3v) is 3.18. The minimum absolute atomic E-state index is 0.0309. The molecule has 0 aliphatic carbocycles. The van der Waals surface area contributed by atoms with Gasteiger partial charge in [-0.1, -0.05) is 38.1 Å². The monoisotopic (exact) mass is 303 g/mol. The summed E-state index contributed by atoms with van der Waals surface area (Å²) in [5.41, 5.74) is 1.33. The molecule has 1 amide bonds. The molecule has 0 radical (unpaired) electrons. The Hall–Kier alpha value is -2.21. The number of aliphatic hydroxyl groups excluding tert-OH is 1. The molecule has 2 rings (SSSR count). The first-order chi connectivity index (χ1) is 10.4. The Labute approximate surface area is 129 Å². The van der Waals surface area contributed by atoms with Gasteiger partial charge >= 0.3 is 0 Å². The largest absolute Gasteiger partial charge is 0.394 e. The fourth-order valence-electron chi connectivity index (χ4n) is 2.24. The van der Waals surface area contributed by atoms with Gasteiger partial charge in [-0.05, 0) is 24.0 Å². The maximum atomic E-state index is 12.2. The molecule has 118 valence electrons. The number of amides is 1. The molecule has 22 heavy (non-hydrogen) atoms. The molecule has 2 aromatic rings. The van der Waals surface area contributed by atoms with Gasteiger partial charge in [-0.3, -0.25) is 4.79 Å². The predicted molar refractivity (Wildman–Crippen MR) is 82.1 cm³/mol. The third-order valence-electron chi connectivity index (χ3n) is 3.18. The summed E-state index contributed by atoms with van der Waals surface area (Å²) in [4.78, 5) is 16.2. The number of nitrogens with one attached hydrogen (secondary N) is 1. The van der Waals surface area contributed by atoms with E-state index in [2.05, 4.69) is 36.2 Å². The number of carbonyl (C=O) groups excluding carboxylic acids is 1. The lowest BCUT2D eigenvalue weighted by molar-refractivity contribution is 0.0897. The van der Waals surface area contributed by atoms with E-state index in [0.29, 0.717) is 17.8 Å². The van der Waals surface area contributed by atoms with Crippen molar-refractivity contribution in [2.24, 2.45) is 5.41 Å². The van der Waals surface area contributed by atoms with Crippen molar-refractivity contribution in [1.29, 1.82) is 0 Å². The number of hydrogen-bond donors (Lipinski definition) is 2. The van der Waals surface area contributed by atoms with Crippen molar-refractivity contribution < 1.29 is 14.4 Å². The highest BCUT2D eigenvalue weighted by Crippen LogP contribution is 2.21. The number of nitrogens with zero attached hydrogens (tertiary/aromatic N) is 2. The second kappa shape index (κ2) is 6.70. The number of hydrogen-bond acceptors (Lipinski definition) is 5. The standard InChI is InChI=1S/C16H21N3O3/c1-16(2,3)8-13(9-20)18-15(21)12-6-4-11(5-7-12)14-17-10-22-19-14/h4-7,10,13,20H,8-9H2,1-3H3,(H,18,21). The molecule has 1 aromatic carbocycles. The Balaban J connectivity index is 2.03. The molecule has 0 fully saturated rings. The van der Waals surface area contributed by atoms with Gasteiger partial charge in [0.2, 0.25) is 12.2 Å². The van der Waals surface area contributed by atoms with Gasteiger partial charge in [0.1, 0.15) is 0 Å². The normalized spacial score (nSPS) is 12.9. The van der Waals surface area contributed by atoms with E-state index in [9.17, 15) is 9.90 Å². The zero-order chi connectivity index (χ0) is 16.2. The van der Waals surface area contributed by atoms with Gasteiger partial charge in [-0.15, -0.1) is 0 Å². The van der Waals surface area contributed by atoms with E-state index >= 15 is 0 Å². The van der Waals surface area contributed by atoms with E-state index in [4.69, 9.17) is 4.52 Å². The lowest BCUT2D eigenvalue weighted by Crippen LogP contribution is -2.40. The molecular formula is C16H21N3O3. The molecule has 0 aliphatic heterocycles. The maximum absolute atomic E-state index is 12.2. The molecule has 0 bridgehead atoms. The summed E-state index contributed by atoms with van der Waals surface area (Å²) >= 11 is 0. The van der Waals surface area contributed by atoms with Crippen molar-refractivity contribution in [2.75, 3.05) is 6.61 Å². The molecule has 6 nitrogen and oxygen atoms in total. The van der Waals surface area contributed by atoms with Crippen LogP contribution in [0.5, 0.6) is 0 Å². The van der Waals surface area contributed by atoms with Crippen LogP contribution in [0, 0.1) is 5.41 Å². The summed E-state index contributed by atoms with van der Waals surface area (Å²) in [6.07, 6.45) is 1.96. The number of benzene rings is 1. The van der Waals surface area contributed by atoms with Crippen LogP contribution >= 0.6 is 0 Å². The first-order valence-electron chi connectivity index (χ1n) is 7.17. The first-order valence-corrected chi connectivity index (χ1v) is 7.17. The van der Waals surface area contributed by atoms with Gasteiger partial charge in [0, 0.05) is 11.1 Å². The second-order valence-corrected chi connectivity index (χ2v) is 6.45. The zero-order valence-electron chi connectivity index (χ0n) is 13.0. The van der Waals surface area contributed by atoms with Crippen LogP contribution in [-0.4, -0.2) is 33.8 Å². The molecule has 1 atom stereocenters. The van der Waals surface area contributed by atoms with Gasteiger partial charge in [0.05, 0.1) is 12.6 Å². The van der Waals surface area contributed by atoms with Crippen LogP contribution in [0.2, 0.25) is 0 Å². The lowest BCUT2D eigenvalue weighted by Gasteiger charge is -2.25. The Morgan fingerprint density at radius 1 is 1.32 bits per heavy atom. The van der Waals surface area contributed by atoms with Crippen molar-refractivity contribution >= 4 is 5.91 Å². The molecule has 2 N–H and O–H groups in total. The number of aliphatic hydroxyl groups is 1. The quantitative estimate of drug-likeness (QED) is 0.884. The highest BCUT2D eigenvalue weighted by Gasteiger charge is 2.20. The predicted octanol–water partition coefficient (Wildman–Crippen LogP) is 2.26. The molecule has 1 aromatic heterocycles. The maximum Gasteiger partial charge on any atom is 0.251 e. The molecule has 0 spiro atoms. The summed E-state index contributed by atoms with van der Waals surface area (Å²) in [5.74, 6) is 0.274. The zero-order valence-corrected chi connectivity index (χ0v) is 13.0. The van der Waals surface area contributed by atoms with Gasteiger partial charge in [0.15, 0.2) is 0 Å². The molecule has 1 unspecified atom stereocenters. The van der Waals surface area contributed by atoms with Gasteiger partial charge in [-0.25, -0.2) is 0 Å². The van der Waals surface area contributed by atoms with Crippen molar-refractivity contribution in [3.05, 3.63) is 36.2 Å². The van der Waals surface area contributed by atoms with Crippen molar-refractivity contribution in [3.8, 4) is 11.4 Å². The van der Waals surface area contributed by atoms with E-state index in [1.165, 1.54) is 6.39 Å². The summed E-state index contributed by atoms with van der Waals surface area (Å²) in [7, 11) is 0. The van der Waals surface area contributed by atoms with E-state index in [0.717, 1.165) is 5.56 Å². The number of carbonyl (C=O) groups is 1. The van der Waals surface area contributed by atoms with Crippen molar-refractivity contribution in [3.63, 3.8) is 0 Å². The van der Waals surface area contributed by atoms with Crippen LogP contribution in [-0.2, 0) is 0 Å². The molecule has 0 saturated carbocycles. The van der Waals surface area contributed by atoms with Gasteiger partial charge in [0.25, 0.3) is 5.91 Å². The number of aromatic nitrogens is 2. The van der Waals surface area contributed by atoms with E-state index < -0.39 is 0 Å². The molecule has 1 heterocycles. The summed E-state index contributed by atoms with van der Waals surface area (Å²) in [5, 5.41) is 16.0. The van der Waals surface area contributed by atoms with Crippen molar-refractivity contribution in [1.82, 2.24) is 15.5 Å². The average molecular weight is 303 g/mol. The SMILES string of the molecule is CC(C)(C)CC(CO)NC(=O)c1ccc(-c2ncon2)cc1. The summed E-state index contributed by atoms with van der Waals surface area (Å²) in [6.45, 7) is 6.13. The fraction of sp³-hybridized carbons (Fsp3) is 0.438. The van der Waals surface area contributed by atoms with Crippen LogP contribution in [0.25, 0.3) is 11.4 Å². The smallest absolute Gasteiger partial charge is 0.251 e. The average Bonchev–Trinajstić information content (AvgIpc) is 2.99. The molecular weight excluding hydrogens is 282 g/mol. The second-order valence-electron chi connectivity index (χ2n) is 6.45. The Bertz CT molecular complexity index is 601. The topological polar surface area (TPSA) is 88.2 Å². The van der Waals surface area contributed by atoms with Crippen molar-refractivity contribution in [2.45, 2.75) is 33.2 Å². The highest BCUT2D eigenvalue weighted by molar-refractivity contribution is 5.94. The minimum Gasteiger partial charge on any atom is -0.394 e. The third kappa shape index (κ3) is 4.39. The van der Waals surface area contributed by atoms with Gasteiger partial charge in [-0.2, -0.15) is 4.98 Å². The van der Waals surface area contributed by atoms with E-state index in [1.54, 1.807) is 24.3 Å². The Morgan fingerprint density at radius 2 is 2.00 bits per heavy atom. The fourth-order valence-corrected chi connectivity index (χ4v) is 2.24. The van der Waals surface area contributed by atoms with Crippen LogP contribution in [0.15, 0.2) is 35.2 Å². The Kier molecular flexibility index (Phi) is 4.92. The first kappa shape index (κ1) is 16.2. The van der Waals surface area contributed by atoms with Gasteiger partial charge < -0.3 is 14.9 Å².